The normalized spacial score (nSPS) is 10.6. The molecule has 0 saturated carbocycles. The molecular weight excluding hydrogens is 293 g/mol. The lowest BCUT2D eigenvalue weighted by atomic mass is 10.00. The summed E-state index contributed by atoms with van der Waals surface area (Å²) in [5, 5.41) is 0.371. The third-order valence-electron chi connectivity index (χ3n) is 2.45. The fraction of sp³-hybridized carbons (Fsp3) is 0.0769. The molecular formula is C13H8BrF3. The standard InChI is InChI=1S/C13H8BrF3/c14-7-8-6-9(15)4-5-10(8)11-2-1-3-12(16)13(11)17/h1-6H,7H2. The van der Waals surface area contributed by atoms with E-state index in [2.05, 4.69) is 15.9 Å². The number of benzene rings is 2. The van der Waals surface area contributed by atoms with Crippen molar-refractivity contribution in [2.24, 2.45) is 0 Å². The molecule has 2 aromatic carbocycles. The van der Waals surface area contributed by atoms with E-state index < -0.39 is 17.5 Å². The third kappa shape index (κ3) is 2.36. The summed E-state index contributed by atoms with van der Waals surface area (Å²) in [6, 6.07) is 7.92. The van der Waals surface area contributed by atoms with Gasteiger partial charge in [0.1, 0.15) is 5.82 Å². The minimum atomic E-state index is -0.915. The lowest BCUT2D eigenvalue weighted by Gasteiger charge is -2.09. The lowest BCUT2D eigenvalue weighted by Crippen LogP contribution is -1.93. The van der Waals surface area contributed by atoms with E-state index in [-0.39, 0.29) is 5.56 Å². The molecule has 0 fully saturated rings. The van der Waals surface area contributed by atoms with Crippen LogP contribution in [0.25, 0.3) is 11.1 Å². The van der Waals surface area contributed by atoms with Gasteiger partial charge in [0, 0.05) is 10.9 Å². The van der Waals surface area contributed by atoms with Gasteiger partial charge in [-0.15, -0.1) is 0 Å². The van der Waals surface area contributed by atoms with Gasteiger partial charge in [-0.25, -0.2) is 13.2 Å². The average molecular weight is 301 g/mol. The van der Waals surface area contributed by atoms with Gasteiger partial charge in [0.25, 0.3) is 0 Å². The lowest BCUT2D eigenvalue weighted by molar-refractivity contribution is 0.511. The van der Waals surface area contributed by atoms with Crippen molar-refractivity contribution >= 4 is 15.9 Å². The fourth-order valence-electron chi connectivity index (χ4n) is 1.65. The molecule has 0 N–H and O–H groups in total. The van der Waals surface area contributed by atoms with Gasteiger partial charge < -0.3 is 0 Å². The van der Waals surface area contributed by atoms with Crippen LogP contribution in [0.2, 0.25) is 0 Å². The first-order chi connectivity index (χ1) is 8.13. The van der Waals surface area contributed by atoms with Crippen molar-refractivity contribution in [3.63, 3.8) is 0 Å². The van der Waals surface area contributed by atoms with Crippen molar-refractivity contribution in [3.8, 4) is 11.1 Å². The Morgan fingerprint density at radius 2 is 1.71 bits per heavy atom. The van der Waals surface area contributed by atoms with Crippen LogP contribution in [0.5, 0.6) is 0 Å². The van der Waals surface area contributed by atoms with Crippen molar-refractivity contribution in [2.75, 3.05) is 0 Å². The number of alkyl halides is 1. The second-order valence-corrected chi connectivity index (χ2v) is 4.10. The number of hydrogen-bond acceptors (Lipinski definition) is 0. The zero-order valence-electron chi connectivity index (χ0n) is 8.68. The molecule has 0 bridgehead atoms. The van der Waals surface area contributed by atoms with Crippen LogP contribution < -0.4 is 0 Å². The van der Waals surface area contributed by atoms with Crippen LogP contribution in [0.4, 0.5) is 13.2 Å². The highest BCUT2D eigenvalue weighted by Gasteiger charge is 2.13. The summed E-state index contributed by atoms with van der Waals surface area (Å²) in [5.74, 6) is -2.23. The van der Waals surface area contributed by atoms with E-state index in [4.69, 9.17) is 0 Å². The molecule has 0 atom stereocenters. The Kier molecular flexibility index (Phi) is 3.52. The average Bonchev–Trinajstić information content (AvgIpc) is 2.33. The van der Waals surface area contributed by atoms with Crippen LogP contribution in [-0.4, -0.2) is 0 Å². The smallest absolute Gasteiger partial charge is 0.166 e. The molecule has 0 saturated heterocycles. The van der Waals surface area contributed by atoms with Gasteiger partial charge in [-0.2, -0.15) is 0 Å². The summed E-state index contributed by atoms with van der Waals surface area (Å²) in [6.45, 7) is 0. The maximum absolute atomic E-state index is 13.6. The molecule has 0 unspecified atom stereocenters. The third-order valence-corrected chi connectivity index (χ3v) is 3.06. The van der Waals surface area contributed by atoms with Crippen LogP contribution in [0.1, 0.15) is 5.56 Å². The van der Waals surface area contributed by atoms with Gasteiger partial charge in [0.05, 0.1) is 0 Å². The second-order valence-electron chi connectivity index (χ2n) is 3.54. The first-order valence-corrected chi connectivity index (χ1v) is 6.04. The van der Waals surface area contributed by atoms with Crippen molar-refractivity contribution in [2.45, 2.75) is 5.33 Å². The van der Waals surface area contributed by atoms with E-state index >= 15 is 0 Å². The first kappa shape index (κ1) is 12.2. The Morgan fingerprint density at radius 1 is 0.941 bits per heavy atom. The molecule has 0 nitrogen and oxygen atoms in total. The summed E-state index contributed by atoms with van der Waals surface area (Å²) in [4.78, 5) is 0. The highest BCUT2D eigenvalue weighted by atomic mass is 79.9. The van der Waals surface area contributed by atoms with Gasteiger partial charge >= 0.3 is 0 Å². The van der Waals surface area contributed by atoms with Gasteiger partial charge in [-0.05, 0) is 29.3 Å². The van der Waals surface area contributed by atoms with E-state index in [9.17, 15) is 13.2 Å². The van der Waals surface area contributed by atoms with Gasteiger partial charge in [-0.1, -0.05) is 34.1 Å². The quantitative estimate of drug-likeness (QED) is 0.707. The summed E-state index contributed by atoms with van der Waals surface area (Å²) in [6.07, 6.45) is 0. The van der Waals surface area contributed by atoms with E-state index in [1.54, 1.807) is 0 Å². The van der Waals surface area contributed by atoms with E-state index in [0.717, 1.165) is 6.07 Å². The molecule has 4 heteroatoms. The summed E-state index contributed by atoms with van der Waals surface area (Å²) < 4.78 is 39.8. The van der Waals surface area contributed by atoms with Crippen molar-refractivity contribution in [3.05, 3.63) is 59.4 Å². The van der Waals surface area contributed by atoms with Gasteiger partial charge in [0.2, 0.25) is 0 Å². The molecule has 0 aliphatic carbocycles. The van der Waals surface area contributed by atoms with Crippen molar-refractivity contribution in [1.82, 2.24) is 0 Å². The van der Waals surface area contributed by atoms with Crippen LogP contribution >= 0.6 is 15.9 Å². The van der Waals surface area contributed by atoms with E-state index in [1.807, 2.05) is 0 Å². The molecule has 2 aromatic rings. The molecule has 0 heterocycles. The largest absolute Gasteiger partial charge is 0.207 e. The van der Waals surface area contributed by atoms with Crippen molar-refractivity contribution < 1.29 is 13.2 Å². The zero-order chi connectivity index (χ0) is 12.4. The molecule has 0 aliphatic heterocycles. The predicted octanol–water partition coefficient (Wildman–Crippen LogP) is 4.67. The van der Waals surface area contributed by atoms with Crippen LogP contribution in [0.15, 0.2) is 36.4 Å². The zero-order valence-corrected chi connectivity index (χ0v) is 10.3. The summed E-state index contributed by atoms with van der Waals surface area (Å²) >= 11 is 3.20. The molecule has 0 spiro atoms. The van der Waals surface area contributed by atoms with Gasteiger partial charge in [0.15, 0.2) is 11.6 Å². The van der Waals surface area contributed by atoms with Crippen LogP contribution in [-0.2, 0) is 5.33 Å². The first-order valence-electron chi connectivity index (χ1n) is 4.92. The molecule has 0 aromatic heterocycles. The molecule has 17 heavy (non-hydrogen) atoms. The molecule has 88 valence electrons. The fourth-order valence-corrected chi connectivity index (χ4v) is 2.11. The Labute approximate surface area is 105 Å². The van der Waals surface area contributed by atoms with Gasteiger partial charge in [-0.3, -0.25) is 0 Å². The van der Waals surface area contributed by atoms with Crippen LogP contribution in [0, 0.1) is 17.5 Å². The highest BCUT2D eigenvalue weighted by Crippen LogP contribution is 2.29. The maximum atomic E-state index is 13.6. The highest BCUT2D eigenvalue weighted by molar-refractivity contribution is 9.08. The topological polar surface area (TPSA) is 0 Å². The number of hydrogen-bond donors (Lipinski definition) is 0. The predicted molar refractivity (Wildman–Crippen MR) is 64.4 cm³/mol. The molecule has 0 amide bonds. The Hall–Kier alpha value is -1.29. The number of rotatable bonds is 2. The second kappa shape index (κ2) is 4.92. The summed E-state index contributed by atoms with van der Waals surface area (Å²) in [7, 11) is 0. The molecule has 0 aliphatic rings. The number of halogens is 4. The Morgan fingerprint density at radius 3 is 2.41 bits per heavy atom. The minimum Gasteiger partial charge on any atom is -0.207 e. The molecule has 2 rings (SSSR count). The monoisotopic (exact) mass is 300 g/mol. The van der Waals surface area contributed by atoms with Crippen LogP contribution in [0.3, 0.4) is 0 Å². The SMILES string of the molecule is Fc1ccc(-c2cccc(F)c2F)c(CBr)c1. The minimum absolute atomic E-state index is 0.138. The Bertz CT molecular complexity index is 552. The van der Waals surface area contributed by atoms with E-state index in [1.165, 1.54) is 30.3 Å². The van der Waals surface area contributed by atoms with E-state index in [0.29, 0.717) is 16.5 Å². The Balaban J connectivity index is 2.64. The maximum Gasteiger partial charge on any atom is 0.166 e. The van der Waals surface area contributed by atoms with Crippen molar-refractivity contribution in [1.29, 1.82) is 0 Å². The summed E-state index contributed by atoms with van der Waals surface area (Å²) in [5.41, 5.74) is 1.20. The molecule has 0 radical (unpaired) electrons.